The number of hydrogen-bond acceptors (Lipinski definition) is 2. The smallest absolute Gasteiger partial charge is 0.126 e. The van der Waals surface area contributed by atoms with E-state index in [2.05, 4.69) is 33.0 Å². The fourth-order valence-corrected chi connectivity index (χ4v) is 2.41. The Hall–Kier alpha value is -1.09. The Morgan fingerprint density at radius 3 is 2.52 bits per heavy atom. The third-order valence-corrected chi connectivity index (χ3v) is 3.76. The zero-order valence-electron chi connectivity index (χ0n) is 14.1. The number of halogens is 1. The number of aryl methyl sites for hydroxylation is 1. The molecule has 0 fully saturated rings. The van der Waals surface area contributed by atoms with E-state index in [1.807, 2.05) is 6.07 Å². The fourth-order valence-electron chi connectivity index (χ4n) is 2.41. The summed E-state index contributed by atoms with van der Waals surface area (Å²) in [4.78, 5) is 0. The summed E-state index contributed by atoms with van der Waals surface area (Å²) in [5.41, 5.74) is 1.55. The van der Waals surface area contributed by atoms with Crippen molar-refractivity contribution in [1.29, 1.82) is 0 Å². The predicted molar refractivity (Wildman–Crippen MR) is 87.4 cm³/mol. The van der Waals surface area contributed by atoms with Crippen LogP contribution >= 0.6 is 0 Å². The first kappa shape index (κ1) is 18.0. The van der Waals surface area contributed by atoms with Gasteiger partial charge in [0.25, 0.3) is 0 Å². The minimum Gasteiger partial charge on any atom is -0.493 e. The van der Waals surface area contributed by atoms with Gasteiger partial charge < -0.3 is 10.1 Å². The molecule has 1 aromatic rings. The van der Waals surface area contributed by atoms with Gasteiger partial charge in [-0.3, -0.25) is 0 Å². The van der Waals surface area contributed by atoms with Crippen LogP contribution in [0.5, 0.6) is 5.75 Å². The molecule has 0 aliphatic carbocycles. The highest BCUT2D eigenvalue weighted by molar-refractivity contribution is 5.40. The average molecular weight is 295 g/mol. The molecule has 0 radical (unpaired) electrons. The van der Waals surface area contributed by atoms with Crippen LogP contribution in [0.25, 0.3) is 0 Å². The first-order valence-electron chi connectivity index (χ1n) is 8.15. The summed E-state index contributed by atoms with van der Waals surface area (Å²) >= 11 is 0. The fraction of sp³-hybridized carbons (Fsp3) is 0.667. The molecule has 21 heavy (non-hydrogen) atoms. The molecule has 0 aliphatic heterocycles. The Balaban J connectivity index is 2.86. The van der Waals surface area contributed by atoms with Gasteiger partial charge in [-0.15, -0.1) is 0 Å². The summed E-state index contributed by atoms with van der Waals surface area (Å²) < 4.78 is 19.9. The van der Waals surface area contributed by atoms with E-state index in [0.29, 0.717) is 18.1 Å². The van der Waals surface area contributed by atoms with Crippen LogP contribution in [0, 0.1) is 18.7 Å². The quantitative estimate of drug-likeness (QED) is 0.691. The van der Waals surface area contributed by atoms with Gasteiger partial charge in [0.1, 0.15) is 11.6 Å². The molecule has 0 amide bonds. The van der Waals surface area contributed by atoms with E-state index in [0.717, 1.165) is 37.1 Å². The highest BCUT2D eigenvalue weighted by Crippen LogP contribution is 2.29. The van der Waals surface area contributed by atoms with Crippen LogP contribution in [-0.4, -0.2) is 13.2 Å². The predicted octanol–water partition coefficient (Wildman–Crippen LogP) is 5.01. The monoisotopic (exact) mass is 295 g/mol. The topological polar surface area (TPSA) is 21.3 Å². The molecule has 0 aromatic heterocycles. The maximum Gasteiger partial charge on any atom is 0.126 e. The van der Waals surface area contributed by atoms with Crippen LogP contribution in [0.4, 0.5) is 4.39 Å². The average Bonchev–Trinajstić information content (AvgIpc) is 2.45. The Morgan fingerprint density at radius 2 is 1.90 bits per heavy atom. The third kappa shape index (κ3) is 5.66. The van der Waals surface area contributed by atoms with Crippen molar-refractivity contribution < 1.29 is 9.13 Å². The number of hydrogen-bond donors (Lipinski definition) is 1. The SMILES string of the molecule is CCCNC(C)c1cc(F)c(C)cc1OCC(C)CCC. The van der Waals surface area contributed by atoms with Gasteiger partial charge in [0.15, 0.2) is 0 Å². The second kappa shape index (κ2) is 9.04. The van der Waals surface area contributed by atoms with Crippen molar-refractivity contribution in [2.45, 2.75) is 59.9 Å². The van der Waals surface area contributed by atoms with Gasteiger partial charge in [-0.25, -0.2) is 4.39 Å². The van der Waals surface area contributed by atoms with E-state index >= 15 is 0 Å². The van der Waals surface area contributed by atoms with E-state index < -0.39 is 0 Å². The van der Waals surface area contributed by atoms with Crippen molar-refractivity contribution in [3.63, 3.8) is 0 Å². The molecular formula is C18H30FNO. The first-order valence-corrected chi connectivity index (χ1v) is 8.15. The van der Waals surface area contributed by atoms with Crippen molar-refractivity contribution in [3.8, 4) is 5.75 Å². The summed E-state index contributed by atoms with van der Waals surface area (Å²) in [6, 6.07) is 3.53. The van der Waals surface area contributed by atoms with Crippen LogP contribution in [0.2, 0.25) is 0 Å². The summed E-state index contributed by atoms with van der Waals surface area (Å²) in [5, 5.41) is 3.40. The lowest BCUT2D eigenvalue weighted by atomic mass is 10.0. The molecule has 0 spiro atoms. The van der Waals surface area contributed by atoms with Crippen molar-refractivity contribution in [1.82, 2.24) is 5.32 Å². The molecule has 2 unspecified atom stereocenters. The molecule has 0 saturated heterocycles. The van der Waals surface area contributed by atoms with E-state index in [1.54, 1.807) is 13.0 Å². The maximum atomic E-state index is 13.9. The van der Waals surface area contributed by atoms with Crippen LogP contribution in [0.1, 0.15) is 64.1 Å². The zero-order chi connectivity index (χ0) is 15.8. The Morgan fingerprint density at radius 1 is 1.19 bits per heavy atom. The lowest BCUT2D eigenvalue weighted by Crippen LogP contribution is -2.21. The summed E-state index contributed by atoms with van der Waals surface area (Å²) in [7, 11) is 0. The molecule has 0 heterocycles. The third-order valence-electron chi connectivity index (χ3n) is 3.76. The highest BCUT2D eigenvalue weighted by Gasteiger charge is 2.15. The molecule has 0 bridgehead atoms. The van der Waals surface area contributed by atoms with Crippen LogP contribution in [-0.2, 0) is 0 Å². The van der Waals surface area contributed by atoms with Crippen molar-refractivity contribution in [2.75, 3.05) is 13.2 Å². The normalized spacial score (nSPS) is 14.0. The molecule has 3 heteroatoms. The van der Waals surface area contributed by atoms with Gasteiger partial charge in [-0.2, -0.15) is 0 Å². The Kier molecular flexibility index (Phi) is 7.73. The largest absolute Gasteiger partial charge is 0.493 e. The number of rotatable bonds is 9. The molecule has 0 aliphatic rings. The standard InChI is InChI=1S/C18H30FNO/c1-6-8-13(3)12-21-18-10-14(4)17(19)11-16(18)15(5)20-9-7-2/h10-11,13,15,20H,6-9,12H2,1-5H3. The van der Waals surface area contributed by atoms with E-state index in [1.165, 1.54) is 0 Å². The van der Waals surface area contributed by atoms with Crippen molar-refractivity contribution >= 4 is 0 Å². The van der Waals surface area contributed by atoms with Crippen molar-refractivity contribution in [2.24, 2.45) is 5.92 Å². The molecule has 1 N–H and O–H groups in total. The van der Waals surface area contributed by atoms with Crippen molar-refractivity contribution in [3.05, 3.63) is 29.1 Å². The number of ether oxygens (including phenoxy) is 1. The number of benzene rings is 1. The lowest BCUT2D eigenvalue weighted by molar-refractivity contribution is 0.247. The molecule has 120 valence electrons. The molecular weight excluding hydrogens is 265 g/mol. The van der Waals surface area contributed by atoms with Gasteiger partial charge in [-0.05, 0) is 56.8 Å². The van der Waals surface area contributed by atoms with Gasteiger partial charge in [0.05, 0.1) is 6.61 Å². The zero-order valence-corrected chi connectivity index (χ0v) is 14.1. The molecule has 2 atom stereocenters. The highest BCUT2D eigenvalue weighted by atomic mass is 19.1. The Bertz CT molecular complexity index is 433. The first-order chi connectivity index (χ1) is 9.99. The summed E-state index contributed by atoms with van der Waals surface area (Å²) in [6.07, 6.45) is 3.37. The van der Waals surface area contributed by atoms with E-state index in [-0.39, 0.29) is 11.9 Å². The van der Waals surface area contributed by atoms with Crippen LogP contribution in [0.3, 0.4) is 0 Å². The van der Waals surface area contributed by atoms with E-state index in [4.69, 9.17) is 4.74 Å². The summed E-state index contributed by atoms with van der Waals surface area (Å²) in [6.45, 7) is 11.9. The van der Waals surface area contributed by atoms with Gasteiger partial charge in [0.2, 0.25) is 0 Å². The van der Waals surface area contributed by atoms with Gasteiger partial charge >= 0.3 is 0 Å². The summed E-state index contributed by atoms with van der Waals surface area (Å²) in [5.74, 6) is 1.17. The Labute approximate surface area is 129 Å². The molecule has 1 rings (SSSR count). The van der Waals surface area contributed by atoms with Gasteiger partial charge in [0, 0.05) is 11.6 Å². The molecule has 2 nitrogen and oxygen atoms in total. The van der Waals surface area contributed by atoms with Crippen LogP contribution in [0.15, 0.2) is 12.1 Å². The van der Waals surface area contributed by atoms with Gasteiger partial charge in [-0.1, -0.05) is 27.2 Å². The van der Waals surface area contributed by atoms with Crippen LogP contribution < -0.4 is 10.1 Å². The minimum absolute atomic E-state index is 0.0940. The second-order valence-corrected chi connectivity index (χ2v) is 6.02. The molecule has 1 aromatic carbocycles. The molecule has 0 saturated carbocycles. The minimum atomic E-state index is -0.163. The lowest BCUT2D eigenvalue weighted by Gasteiger charge is -2.20. The number of nitrogens with one attached hydrogen (secondary N) is 1. The second-order valence-electron chi connectivity index (χ2n) is 6.02. The maximum absolute atomic E-state index is 13.9. The van der Waals surface area contributed by atoms with E-state index in [9.17, 15) is 4.39 Å².